The van der Waals surface area contributed by atoms with Crippen LogP contribution in [0.3, 0.4) is 0 Å². The number of hydrogen-bond acceptors (Lipinski definition) is 6. The SMILES string of the molecule is c1coc(-c2noc(CNCC3OCCc4ccccc43)n2)c1. The van der Waals surface area contributed by atoms with Crippen molar-refractivity contribution >= 4 is 0 Å². The number of nitrogens with zero attached hydrogens (tertiary/aromatic N) is 2. The fraction of sp³-hybridized carbons (Fsp3) is 0.294. The maximum atomic E-state index is 5.86. The van der Waals surface area contributed by atoms with Crippen LogP contribution < -0.4 is 5.32 Å². The van der Waals surface area contributed by atoms with E-state index >= 15 is 0 Å². The van der Waals surface area contributed by atoms with Crippen molar-refractivity contribution in [2.75, 3.05) is 13.2 Å². The monoisotopic (exact) mass is 311 g/mol. The average Bonchev–Trinajstić information content (AvgIpc) is 3.26. The molecule has 118 valence electrons. The Morgan fingerprint density at radius 2 is 2.13 bits per heavy atom. The summed E-state index contributed by atoms with van der Waals surface area (Å²) in [6.07, 6.45) is 2.62. The largest absolute Gasteiger partial charge is 0.461 e. The van der Waals surface area contributed by atoms with Crippen LogP contribution in [0.25, 0.3) is 11.6 Å². The first-order valence-electron chi connectivity index (χ1n) is 7.67. The van der Waals surface area contributed by atoms with Gasteiger partial charge in [0.25, 0.3) is 0 Å². The van der Waals surface area contributed by atoms with Gasteiger partial charge in [0.15, 0.2) is 5.76 Å². The third kappa shape index (κ3) is 3.04. The van der Waals surface area contributed by atoms with Crippen LogP contribution in [0.15, 0.2) is 51.6 Å². The molecule has 0 aliphatic carbocycles. The molecule has 2 aromatic heterocycles. The van der Waals surface area contributed by atoms with E-state index in [1.165, 1.54) is 11.1 Å². The maximum Gasteiger partial charge on any atom is 0.241 e. The molecule has 0 bridgehead atoms. The summed E-state index contributed by atoms with van der Waals surface area (Å²) in [5, 5.41) is 7.23. The van der Waals surface area contributed by atoms with E-state index in [0.717, 1.165) is 13.0 Å². The summed E-state index contributed by atoms with van der Waals surface area (Å²) in [6, 6.07) is 12.0. The van der Waals surface area contributed by atoms with Gasteiger partial charge in [0, 0.05) is 6.54 Å². The zero-order valence-corrected chi connectivity index (χ0v) is 12.6. The van der Waals surface area contributed by atoms with Crippen molar-refractivity contribution in [3.8, 4) is 11.6 Å². The van der Waals surface area contributed by atoms with Gasteiger partial charge in [0.05, 0.1) is 25.5 Å². The predicted octanol–water partition coefficient (Wildman–Crippen LogP) is 2.73. The summed E-state index contributed by atoms with van der Waals surface area (Å²) in [6.45, 7) is 1.96. The standard InChI is InChI=1S/C17H17N3O3/c1-2-5-13-12(4-1)7-9-22-15(13)10-18-11-16-19-17(20-23-16)14-6-3-8-21-14/h1-6,8,15,18H,7,9-11H2. The van der Waals surface area contributed by atoms with Crippen molar-refractivity contribution in [2.24, 2.45) is 0 Å². The quantitative estimate of drug-likeness (QED) is 0.781. The van der Waals surface area contributed by atoms with Gasteiger partial charge in [-0.3, -0.25) is 0 Å². The number of aromatic nitrogens is 2. The van der Waals surface area contributed by atoms with Gasteiger partial charge in [-0.1, -0.05) is 29.4 Å². The zero-order chi connectivity index (χ0) is 15.5. The molecule has 4 rings (SSSR count). The van der Waals surface area contributed by atoms with E-state index in [0.29, 0.717) is 30.6 Å². The molecule has 0 fully saturated rings. The van der Waals surface area contributed by atoms with Crippen LogP contribution in [-0.4, -0.2) is 23.3 Å². The zero-order valence-electron chi connectivity index (χ0n) is 12.6. The van der Waals surface area contributed by atoms with Crippen molar-refractivity contribution in [1.82, 2.24) is 15.5 Å². The normalized spacial score (nSPS) is 17.1. The minimum atomic E-state index is 0.0624. The van der Waals surface area contributed by atoms with Crippen molar-refractivity contribution in [3.05, 3.63) is 59.7 Å². The van der Waals surface area contributed by atoms with Gasteiger partial charge in [-0.05, 0) is 29.7 Å². The molecule has 0 saturated carbocycles. The smallest absolute Gasteiger partial charge is 0.241 e. The summed E-state index contributed by atoms with van der Waals surface area (Å²) in [5.41, 5.74) is 2.62. The Morgan fingerprint density at radius 1 is 1.17 bits per heavy atom. The highest BCUT2D eigenvalue weighted by molar-refractivity contribution is 5.44. The lowest BCUT2D eigenvalue weighted by Crippen LogP contribution is -2.27. The highest BCUT2D eigenvalue weighted by Crippen LogP contribution is 2.26. The second kappa shape index (κ2) is 6.36. The van der Waals surface area contributed by atoms with Crippen LogP contribution in [0.4, 0.5) is 0 Å². The summed E-state index contributed by atoms with van der Waals surface area (Å²) in [4.78, 5) is 4.30. The first-order valence-corrected chi connectivity index (χ1v) is 7.67. The number of rotatable bonds is 5. The Morgan fingerprint density at radius 3 is 3.04 bits per heavy atom. The van der Waals surface area contributed by atoms with Crippen molar-refractivity contribution in [2.45, 2.75) is 19.1 Å². The van der Waals surface area contributed by atoms with Crippen LogP contribution in [-0.2, 0) is 17.7 Å². The summed E-state index contributed by atoms with van der Waals surface area (Å²) in [7, 11) is 0. The number of ether oxygens (including phenoxy) is 1. The van der Waals surface area contributed by atoms with Crippen LogP contribution in [0.2, 0.25) is 0 Å². The second-order valence-corrected chi connectivity index (χ2v) is 5.43. The number of benzene rings is 1. The fourth-order valence-electron chi connectivity index (χ4n) is 2.79. The van der Waals surface area contributed by atoms with Gasteiger partial charge in [-0.15, -0.1) is 0 Å². The van der Waals surface area contributed by atoms with E-state index in [2.05, 4.69) is 33.7 Å². The summed E-state index contributed by atoms with van der Waals surface area (Å²) >= 11 is 0. The number of fused-ring (bicyclic) bond motifs is 1. The van der Waals surface area contributed by atoms with Crippen LogP contribution in [0.1, 0.15) is 23.1 Å². The van der Waals surface area contributed by atoms with E-state index in [-0.39, 0.29) is 6.10 Å². The summed E-state index contributed by atoms with van der Waals surface area (Å²) in [5.74, 6) is 1.59. The Kier molecular flexibility index (Phi) is 3.92. The molecule has 1 unspecified atom stereocenters. The predicted molar refractivity (Wildman–Crippen MR) is 82.5 cm³/mol. The van der Waals surface area contributed by atoms with Gasteiger partial charge in [-0.2, -0.15) is 4.98 Å². The van der Waals surface area contributed by atoms with Crippen molar-refractivity contribution in [3.63, 3.8) is 0 Å². The van der Waals surface area contributed by atoms with Gasteiger partial charge in [-0.25, -0.2) is 0 Å². The molecule has 0 spiro atoms. The van der Waals surface area contributed by atoms with Gasteiger partial charge in [0.1, 0.15) is 0 Å². The second-order valence-electron chi connectivity index (χ2n) is 5.43. The molecule has 23 heavy (non-hydrogen) atoms. The van der Waals surface area contributed by atoms with Crippen molar-refractivity contribution < 1.29 is 13.7 Å². The lowest BCUT2D eigenvalue weighted by molar-refractivity contribution is 0.0419. The molecule has 6 nitrogen and oxygen atoms in total. The lowest BCUT2D eigenvalue weighted by atomic mass is 9.97. The fourth-order valence-corrected chi connectivity index (χ4v) is 2.79. The number of nitrogens with one attached hydrogen (secondary N) is 1. The van der Waals surface area contributed by atoms with E-state index < -0.39 is 0 Å². The van der Waals surface area contributed by atoms with E-state index in [4.69, 9.17) is 13.7 Å². The van der Waals surface area contributed by atoms with Gasteiger partial charge >= 0.3 is 0 Å². The molecule has 1 aliphatic rings. The van der Waals surface area contributed by atoms with Crippen LogP contribution in [0.5, 0.6) is 0 Å². The van der Waals surface area contributed by atoms with Gasteiger partial charge in [0.2, 0.25) is 11.7 Å². The Balaban J connectivity index is 1.36. The highest BCUT2D eigenvalue weighted by Gasteiger charge is 2.20. The number of furan rings is 1. The number of hydrogen-bond donors (Lipinski definition) is 1. The minimum Gasteiger partial charge on any atom is -0.461 e. The molecule has 1 atom stereocenters. The average molecular weight is 311 g/mol. The Bertz CT molecular complexity index is 767. The topological polar surface area (TPSA) is 73.3 Å². The molecule has 6 heteroatoms. The first-order chi connectivity index (χ1) is 11.4. The molecular formula is C17H17N3O3. The molecule has 0 amide bonds. The van der Waals surface area contributed by atoms with Crippen LogP contribution in [0, 0.1) is 0 Å². The minimum absolute atomic E-state index is 0.0624. The molecule has 3 heterocycles. The van der Waals surface area contributed by atoms with Crippen LogP contribution >= 0.6 is 0 Å². The van der Waals surface area contributed by atoms with E-state index in [1.807, 2.05) is 6.07 Å². The molecule has 3 aromatic rings. The van der Waals surface area contributed by atoms with Gasteiger partial charge < -0.3 is 19.0 Å². The molecule has 0 saturated heterocycles. The molecular weight excluding hydrogens is 294 g/mol. The Hall–Kier alpha value is -2.44. The Labute approximate surface area is 133 Å². The molecule has 1 aliphatic heterocycles. The third-order valence-electron chi connectivity index (χ3n) is 3.91. The molecule has 1 aromatic carbocycles. The lowest BCUT2D eigenvalue weighted by Gasteiger charge is -2.26. The molecule has 0 radical (unpaired) electrons. The third-order valence-corrected chi connectivity index (χ3v) is 3.91. The van der Waals surface area contributed by atoms with Crippen molar-refractivity contribution in [1.29, 1.82) is 0 Å². The highest BCUT2D eigenvalue weighted by atomic mass is 16.5. The first kappa shape index (κ1) is 14.2. The van der Waals surface area contributed by atoms with E-state index in [9.17, 15) is 0 Å². The summed E-state index contributed by atoms with van der Waals surface area (Å²) < 4.78 is 16.3. The van der Waals surface area contributed by atoms with E-state index in [1.54, 1.807) is 18.4 Å². The maximum absolute atomic E-state index is 5.86. The molecule has 1 N–H and O–H groups in total.